The van der Waals surface area contributed by atoms with E-state index in [1.165, 1.54) is 18.2 Å². The van der Waals surface area contributed by atoms with Gasteiger partial charge >= 0.3 is 5.69 Å². The first-order chi connectivity index (χ1) is 15.0. The minimum absolute atomic E-state index is 0.00792. The fourth-order valence-electron chi connectivity index (χ4n) is 3.10. The lowest BCUT2D eigenvalue weighted by atomic mass is 10.1. The van der Waals surface area contributed by atoms with Crippen molar-refractivity contribution < 1.29 is 23.7 Å². The highest BCUT2D eigenvalue weighted by Gasteiger charge is 2.24. The summed E-state index contributed by atoms with van der Waals surface area (Å²) in [6.45, 7) is -0.483. The molecule has 154 valence electrons. The molecule has 4 rings (SSSR count). The largest absolute Gasteiger partial charge is 0.477 e. The van der Waals surface area contributed by atoms with Gasteiger partial charge in [0.15, 0.2) is 18.1 Å². The van der Waals surface area contributed by atoms with Crippen molar-refractivity contribution in [3.63, 3.8) is 0 Å². The van der Waals surface area contributed by atoms with Crippen molar-refractivity contribution in [2.24, 2.45) is 0 Å². The van der Waals surface area contributed by atoms with E-state index < -0.39 is 17.4 Å². The van der Waals surface area contributed by atoms with Crippen molar-refractivity contribution in [3.05, 3.63) is 100 Å². The van der Waals surface area contributed by atoms with Gasteiger partial charge in [0.1, 0.15) is 5.58 Å². The van der Waals surface area contributed by atoms with Crippen LogP contribution in [0.4, 0.5) is 11.4 Å². The Morgan fingerprint density at radius 3 is 2.39 bits per heavy atom. The number of hydrogen-bond acceptors (Lipinski definition) is 6. The van der Waals surface area contributed by atoms with Crippen molar-refractivity contribution in [2.45, 2.75) is 0 Å². The summed E-state index contributed by atoms with van der Waals surface area (Å²) < 4.78 is 11.1. The molecule has 0 fully saturated rings. The molecule has 1 amide bonds. The normalized spacial score (nSPS) is 10.6. The topological polar surface area (TPSA) is 112 Å². The van der Waals surface area contributed by atoms with Gasteiger partial charge in [0.2, 0.25) is 5.78 Å². The van der Waals surface area contributed by atoms with E-state index in [0.29, 0.717) is 16.5 Å². The van der Waals surface area contributed by atoms with Crippen molar-refractivity contribution in [3.8, 4) is 5.75 Å². The van der Waals surface area contributed by atoms with Gasteiger partial charge in [-0.2, -0.15) is 0 Å². The zero-order valence-corrected chi connectivity index (χ0v) is 16.1. The number of benzene rings is 3. The average Bonchev–Trinajstić information content (AvgIpc) is 3.16. The molecule has 0 aliphatic heterocycles. The maximum Gasteiger partial charge on any atom is 0.310 e. The monoisotopic (exact) mass is 416 g/mol. The molecule has 0 bridgehead atoms. The van der Waals surface area contributed by atoms with Crippen LogP contribution in [0.3, 0.4) is 0 Å². The summed E-state index contributed by atoms with van der Waals surface area (Å²) >= 11 is 0. The zero-order chi connectivity index (χ0) is 21.8. The number of hydrogen-bond donors (Lipinski definition) is 1. The number of para-hydroxylation sites is 3. The molecule has 31 heavy (non-hydrogen) atoms. The van der Waals surface area contributed by atoms with Gasteiger partial charge in [0, 0.05) is 17.0 Å². The maximum absolute atomic E-state index is 13.0. The van der Waals surface area contributed by atoms with Gasteiger partial charge in [0.05, 0.1) is 10.6 Å². The Kier molecular flexibility index (Phi) is 5.44. The highest BCUT2D eigenvalue weighted by Crippen LogP contribution is 2.32. The molecule has 1 heterocycles. The third-order valence-corrected chi connectivity index (χ3v) is 4.52. The molecule has 3 aromatic carbocycles. The second-order valence-electron chi connectivity index (χ2n) is 6.56. The lowest BCUT2D eigenvalue weighted by molar-refractivity contribution is -0.385. The van der Waals surface area contributed by atoms with Crippen LogP contribution >= 0.6 is 0 Å². The van der Waals surface area contributed by atoms with E-state index in [2.05, 4.69) is 5.32 Å². The predicted octanol–water partition coefficient (Wildman–Crippen LogP) is 4.59. The molecule has 0 aliphatic rings. The minimum atomic E-state index is -0.591. The number of nitrogens with one attached hydrogen (secondary N) is 1. The summed E-state index contributed by atoms with van der Waals surface area (Å²) in [5.41, 5.74) is 0.828. The van der Waals surface area contributed by atoms with Crippen LogP contribution in [0.25, 0.3) is 11.0 Å². The third kappa shape index (κ3) is 4.13. The lowest BCUT2D eigenvalue weighted by Gasteiger charge is -2.08. The van der Waals surface area contributed by atoms with E-state index in [9.17, 15) is 19.7 Å². The van der Waals surface area contributed by atoms with Crippen LogP contribution in [0, 0.1) is 10.1 Å². The molecular formula is C23H16N2O6. The SMILES string of the molecule is O=C(COc1ccccc1[N+](=O)[O-])Nc1c(C(=O)c2ccccc2)oc2ccccc12. The molecule has 0 saturated heterocycles. The van der Waals surface area contributed by atoms with E-state index in [1.54, 1.807) is 60.7 Å². The molecule has 0 atom stereocenters. The van der Waals surface area contributed by atoms with Crippen LogP contribution in [0.5, 0.6) is 5.75 Å². The van der Waals surface area contributed by atoms with Gasteiger partial charge in [-0.25, -0.2) is 0 Å². The third-order valence-electron chi connectivity index (χ3n) is 4.52. The van der Waals surface area contributed by atoms with Gasteiger partial charge in [-0.1, -0.05) is 54.6 Å². The minimum Gasteiger partial charge on any atom is -0.477 e. The zero-order valence-electron chi connectivity index (χ0n) is 16.1. The molecule has 0 saturated carbocycles. The predicted molar refractivity (Wildman–Crippen MR) is 113 cm³/mol. The fraction of sp³-hybridized carbons (Fsp3) is 0.0435. The number of anilines is 1. The molecule has 8 heteroatoms. The van der Waals surface area contributed by atoms with Gasteiger partial charge in [0.25, 0.3) is 5.91 Å². The highest BCUT2D eigenvalue weighted by atomic mass is 16.6. The first-order valence-electron chi connectivity index (χ1n) is 9.32. The highest BCUT2D eigenvalue weighted by molar-refractivity contribution is 6.17. The fourth-order valence-corrected chi connectivity index (χ4v) is 3.10. The Bertz CT molecular complexity index is 1280. The van der Waals surface area contributed by atoms with E-state index >= 15 is 0 Å². The molecule has 4 aromatic rings. The van der Waals surface area contributed by atoms with Crippen molar-refractivity contribution in [1.82, 2.24) is 0 Å². The van der Waals surface area contributed by atoms with Crippen molar-refractivity contribution in [1.29, 1.82) is 0 Å². The molecule has 0 radical (unpaired) electrons. The number of carbonyl (C=O) groups excluding carboxylic acids is 2. The summed E-state index contributed by atoms with van der Waals surface area (Å²) in [5.74, 6) is -1.01. The average molecular weight is 416 g/mol. The van der Waals surface area contributed by atoms with Crippen LogP contribution in [0.2, 0.25) is 0 Å². The number of fused-ring (bicyclic) bond motifs is 1. The van der Waals surface area contributed by atoms with Crippen molar-refractivity contribution in [2.75, 3.05) is 11.9 Å². The molecule has 8 nitrogen and oxygen atoms in total. The standard InChI is InChI=1S/C23H16N2O6/c26-20(14-30-19-13-7-5-11-17(19)25(28)29)24-21-16-10-4-6-12-18(16)31-23(21)22(27)15-8-2-1-3-9-15/h1-13H,14H2,(H,24,26). The summed E-state index contributed by atoms with van der Waals surface area (Å²) in [6.07, 6.45) is 0. The Labute approximate surface area is 176 Å². The molecule has 0 spiro atoms. The Hall–Kier alpha value is -4.46. The molecular weight excluding hydrogens is 400 g/mol. The van der Waals surface area contributed by atoms with Crippen LogP contribution < -0.4 is 10.1 Å². The van der Waals surface area contributed by atoms with Crippen LogP contribution in [0.1, 0.15) is 16.1 Å². The van der Waals surface area contributed by atoms with E-state index in [1.807, 2.05) is 0 Å². The summed E-state index contributed by atoms with van der Waals surface area (Å²) in [5, 5.41) is 14.3. The van der Waals surface area contributed by atoms with E-state index in [4.69, 9.17) is 9.15 Å². The number of rotatable bonds is 7. The number of amides is 1. The maximum atomic E-state index is 13.0. The Balaban J connectivity index is 1.60. The molecule has 1 aromatic heterocycles. The Morgan fingerprint density at radius 1 is 0.935 bits per heavy atom. The summed E-state index contributed by atoms with van der Waals surface area (Å²) in [7, 11) is 0. The van der Waals surface area contributed by atoms with Crippen LogP contribution in [0.15, 0.2) is 83.3 Å². The van der Waals surface area contributed by atoms with Gasteiger partial charge < -0.3 is 14.5 Å². The molecule has 1 N–H and O–H groups in total. The number of ether oxygens (including phenoxy) is 1. The number of nitrogens with zero attached hydrogens (tertiary/aromatic N) is 1. The van der Waals surface area contributed by atoms with E-state index in [0.717, 1.165) is 0 Å². The summed E-state index contributed by atoms with van der Waals surface area (Å²) in [4.78, 5) is 36.0. The second kappa shape index (κ2) is 8.50. The van der Waals surface area contributed by atoms with E-state index in [-0.39, 0.29) is 28.7 Å². The second-order valence-corrected chi connectivity index (χ2v) is 6.56. The van der Waals surface area contributed by atoms with Gasteiger partial charge in [-0.3, -0.25) is 19.7 Å². The number of furan rings is 1. The lowest BCUT2D eigenvalue weighted by Crippen LogP contribution is -2.21. The van der Waals surface area contributed by atoms with Crippen LogP contribution in [-0.2, 0) is 4.79 Å². The van der Waals surface area contributed by atoms with Crippen molar-refractivity contribution >= 4 is 34.0 Å². The Morgan fingerprint density at radius 2 is 1.61 bits per heavy atom. The number of nitro groups is 1. The molecule has 0 unspecified atom stereocenters. The van der Waals surface area contributed by atoms with Crippen LogP contribution in [-0.4, -0.2) is 23.2 Å². The molecule has 0 aliphatic carbocycles. The number of carbonyl (C=O) groups is 2. The quantitative estimate of drug-likeness (QED) is 0.268. The summed E-state index contributed by atoms with van der Waals surface area (Å²) in [6, 6.07) is 21.2. The van der Waals surface area contributed by atoms with Gasteiger partial charge in [-0.15, -0.1) is 0 Å². The first-order valence-corrected chi connectivity index (χ1v) is 9.32. The number of ketones is 1. The van der Waals surface area contributed by atoms with Gasteiger partial charge in [-0.05, 0) is 18.2 Å². The first kappa shape index (κ1) is 19.8. The smallest absolute Gasteiger partial charge is 0.310 e. The number of nitro benzene ring substituents is 1.